The van der Waals surface area contributed by atoms with Gasteiger partial charge in [-0.1, -0.05) is 5.16 Å². The second kappa shape index (κ2) is 6.00. The first-order chi connectivity index (χ1) is 10.2. The molecule has 118 valence electrons. The van der Waals surface area contributed by atoms with Gasteiger partial charge in [-0.25, -0.2) is 0 Å². The van der Waals surface area contributed by atoms with Gasteiger partial charge in [0.2, 0.25) is 5.89 Å². The van der Waals surface area contributed by atoms with Gasteiger partial charge < -0.3 is 14.7 Å². The van der Waals surface area contributed by atoms with E-state index in [0.717, 1.165) is 32.6 Å². The molecule has 7 heteroatoms. The average Bonchev–Trinajstić information content (AvgIpc) is 3.03. The summed E-state index contributed by atoms with van der Waals surface area (Å²) in [7, 11) is 0. The molecule has 21 heavy (non-hydrogen) atoms. The molecule has 2 saturated heterocycles. The Morgan fingerprint density at radius 1 is 1.24 bits per heavy atom. The summed E-state index contributed by atoms with van der Waals surface area (Å²) < 4.78 is 5.52. The zero-order valence-corrected chi connectivity index (χ0v) is 12.5. The Balaban J connectivity index is 1.88. The van der Waals surface area contributed by atoms with Crippen molar-refractivity contribution in [2.45, 2.75) is 18.8 Å². The molecule has 0 aromatic carbocycles. The number of hydrogen-bond acceptors (Lipinski definition) is 7. The van der Waals surface area contributed by atoms with E-state index in [9.17, 15) is 10.2 Å². The summed E-state index contributed by atoms with van der Waals surface area (Å²) in [6.07, 6.45) is 1.06. The van der Waals surface area contributed by atoms with E-state index >= 15 is 0 Å². The summed E-state index contributed by atoms with van der Waals surface area (Å²) in [6, 6.07) is 0. The maximum absolute atomic E-state index is 9.22. The van der Waals surface area contributed by atoms with Gasteiger partial charge >= 0.3 is 0 Å². The monoisotopic (exact) mass is 296 g/mol. The second-order valence-electron chi connectivity index (χ2n) is 6.25. The lowest BCUT2D eigenvalue weighted by Gasteiger charge is -2.41. The molecule has 1 aromatic rings. The van der Waals surface area contributed by atoms with Crippen molar-refractivity contribution < 1.29 is 14.7 Å². The van der Waals surface area contributed by atoms with Gasteiger partial charge in [-0.2, -0.15) is 4.98 Å². The summed E-state index contributed by atoms with van der Waals surface area (Å²) in [5.41, 5.74) is -0.163. The zero-order valence-electron chi connectivity index (χ0n) is 12.5. The van der Waals surface area contributed by atoms with Crippen LogP contribution in [0.15, 0.2) is 4.52 Å². The van der Waals surface area contributed by atoms with Crippen LogP contribution in [0.5, 0.6) is 0 Å². The molecule has 0 aliphatic carbocycles. The van der Waals surface area contributed by atoms with Gasteiger partial charge in [0.15, 0.2) is 5.82 Å². The molecular weight excluding hydrogens is 272 g/mol. The number of hydrogen-bond donors (Lipinski definition) is 2. The molecule has 0 radical (unpaired) electrons. The first-order valence-corrected chi connectivity index (χ1v) is 7.65. The maximum atomic E-state index is 9.22. The number of aromatic nitrogens is 2. The van der Waals surface area contributed by atoms with E-state index < -0.39 is 0 Å². The van der Waals surface area contributed by atoms with Crippen molar-refractivity contribution >= 4 is 0 Å². The van der Waals surface area contributed by atoms with Crippen LogP contribution in [0.25, 0.3) is 0 Å². The fourth-order valence-corrected chi connectivity index (χ4v) is 3.90. The smallest absolute Gasteiger partial charge is 0.235 e. The van der Waals surface area contributed by atoms with Gasteiger partial charge in [0.1, 0.15) is 0 Å². The zero-order chi connectivity index (χ0) is 14.9. The number of aliphatic hydroxyl groups is 2. The predicted octanol–water partition coefficient (Wildman–Crippen LogP) is -0.762. The number of β-amino-alcohol motifs (C(OH)–C–C–N with tert-alkyl or cyclic N) is 2. The van der Waals surface area contributed by atoms with Gasteiger partial charge in [0, 0.05) is 32.7 Å². The van der Waals surface area contributed by atoms with E-state index in [1.54, 1.807) is 0 Å². The average molecular weight is 296 g/mol. The summed E-state index contributed by atoms with van der Waals surface area (Å²) in [6.45, 7) is 7.18. The topological polar surface area (TPSA) is 85.9 Å². The van der Waals surface area contributed by atoms with Crippen LogP contribution in [0.4, 0.5) is 0 Å². The highest BCUT2D eigenvalue weighted by Gasteiger charge is 2.53. The molecular formula is C14H24N4O3. The minimum Gasteiger partial charge on any atom is -0.395 e. The highest BCUT2D eigenvalue weighted by atomic mass is 16.5. The van der Waals surface area contributed by atoms with Crippen molar-refractivity contribution in [3.63, 3.8) is 0 Å². The number of rotatable bonds is 5. The third-order valence-electron chi connectivity index (χ3n) is 4.85. The third-order valence-corrected chi connectivity index (χ3v) is 4.85. The predicted molar refractivity (Wildman–Crippen MR) is 75.9 cm³/mol. The van der Waals surface area contributed by atoms with Crippen LogP contribution < -0.4 is 0 Å². The Labute approximate surface area is 124 Å². The molecule has 2 atom stereocenters. The largest absolute Gasteiger partial charge is 0.395 e. The van der Waals surface area contributed by atoms with E-state index in [2.05, 4.69) is 19.9 Å². The summed E-state index contributed by atoms with van der Waals surface area (Å²) in [5, 5.41) is 22.4. The lowest BCUT2D eigenvalue weighted by molar-refractivity contribution is 0.0784. The molecule has 3 heterocycles. The van der Waals surface area contributed by atoms with Crippen LogP contribution in [0, 0.1) is 12.8 Å². The van der Waals surface area contributed by atoms with Crippen molar-refractivity contribution in [1.82, 2.24) is 19.9 Å². The number of likely N-dealkylation sites (tertiary alicyclic amines) is 2. The first-order valence-electron chi connectivity index (χ1n) is 7.65. The number of aryl methyl sites for hydroxylation is 1. The van der Waals surface area contributed by atoms with Crippen molar-refractivity contribution in [3.8, 4) is 0 Å². The Morgan fingerprint density at radius 2 is 1.95 bits per heavy atom. The molecule has 1 aromatic heterocycles. The Bertz CT molecular complexity index is 477. The van der Waals surface area contributed by atoms with Gasteiger partial charge in [-0.05, 0) is 25.8 Å². The highest BCUT2D eigenvalue weighted by molar-refractivity contribution is 5.17. The molecule has 0 spiro atoms. The summed E-state index contributed by atoms with van der Waals surface area (Å²) >= 11 is 0. The molecule has 2 N–H and O–H groups in total. The molecule has 7 nitrogen and oxygen atoms in total. The number of piperidine rings is 1. The van der Waals surface area contributed by atoms with Crippen LogP contribution in [-0.2, 0) is 5.41 Å². The summed E-state index contributed by atoms with van der Waals surface area (Å²) in [5.74, 6) is 1.85. The molecule has 2 aliphatic rings. The Morgan fingerprint density at radius 3 is 2.62 bits per heavy atom. The minimum absolute atomic E-state index is 0.163. The van der Waals surface area contributed by atoms with Crippen LogP contribution in [-0.4, -0.2) is 82.6 Å². The number of fused-ring (bicyclic) bond motifs is 1. The van der Waals surface area contributed by atoms with Gasteiger partial charge in [0.05, 0.1) is 18.6 Å². The number of nitrogens with zero attached hydrogens (tertiary/aromatic N) is 4. The van der Waals surface area contributed by atoms with E-state index in [0.29, 0.717) is 30.7 Å². The molecule has 0 amide bonds. The van der Waals surface area contributed by atoms with Gasteiger partial charge in [0.25, 0.3) is 0 Å². The normalized spacial score (nSPS) is 30.7. The maximum Gasteiger partial charge on any atom is 0.235 e. The van der Waals surface area contributed by atoms with Crippen molar-refractivity contribution in [1.29, 1.82) is 0 Å². The second-order valence-corrected chi connectivity index (χ2v) is 6.25. The quantitative estimate of drug-likeness (QED) is 0.738. The lowest BCUT2D eigenvalue weighted by atomic mass is 9.73. The lowest BCUT2D eigenvalue weighted by Crippen LogP contribution is -2.52. The van der Waals surface area contributed by atoms with Gasteiger partial charge in [-0.3, -0.25) is 9.80 Å². The van der Waals surface area contributed by atoms with Crippen molar-refractivity contribution in [3.05, 3.63) is 11.7 Å². The minimum atomic E-state index is -0.163. The molecule has 0 unspecified atom stereocenters. The standard InChI is InChI=1S/C14H24N4O3/c1-11-15-13(21-16-11)14-9-17(4-6-19)3-2-12(14)8-18(10-14)5-7-20/h12,19-20H,2-10H2,1H3/t12-,14-/m0/s1. The van der Waals surface area contributed by atoms with Crippen LogP contribution in [0.2, 0.25) is 0 Å². The molecule has 2 fully saturated rings. The van der Waals surface area contributed by atoms with E-state index in [-0.39, 0.29) is 18.6 Å². The molecule has 0 saturated carbocycles. The number of aliphatic hydroxyl groups excluding tert-OH is 2. The van der Waals surface area contributed by atoms with Crippen LogP contribution in [0.1, 0.15) is 18.1 Å². The molecule has 0 bridgehead atoms. The van der Waals surface area contributed by atoms with Crippen LogP contribution in [0.3, 0.4) is 0 Å². The molecule has 2 aliphatic heterocycles. The Hall–Kier alpha value is -1.02. The first kappa shape index (κ1) is 14.9. The van der Waals surface area contributed by atoms with Crippen LogP contribution >= 0.6 is 0 Å². The van der Waals surface area contributed by atoms with E-state index in [1.165, 1.54) is 0 Å². The fourth-order valence-electron chi connectivity index (χ4n) is 3.90. The Kier molecular flexibility index (Phi) is 4.26. The van der Waals surface area contributed by atoms with E-state index in [1.807, 2.05) is 6.92 Å². The summed E-state index contributed by atoms with van der Waals surface area (Å²) in [4.78, 5) is 9.06. The van der Waals surface area contributed by atoms with Crippen molar-refractivity contribution in [2.24, 2.45) is 5.92 Å². The van der Waals surface area contributed by atoms with Gasteiger partial charge in [-0.15, -0.1) is 0 Å². The fraction of sp³-hybridized carbons (Fsp3) is 0.857. The molecule has 3 rings (SSSR count). The third kappa shape index (κ3) is 2.70. The van der Waals surface area contributed by atoms with Crippen molar-refractivity contribution in [2.75, 3.05) is 52.5 Å². The van der Waals surface area contributed by atoms with E-state index in [4.69, 9.17) is 4.52 Å². The highest BCUT2D eigenvalue weighted by Crippen LogP contribution is 2.43. The SMILES string of the molecule is Cc1noc([C@]23CN(CCO)CC[C@H]2CN(CCO)C3)n1.